The van der Waals surface area contributed by atoms with Gasteiger partial charge in [-0.25, -0.2) is 10.0 Å². The monoisotopic (exact) mass is 172 g/mol. The summed E-state index contributed by atoms with van der Waals surface area (Å²) in [6, 6.07) is 0. The van der Waals surface area contributed by atoms with Gasteiger partial charge in [0.2, 0.25) is 0 Å². The fraction of sp³-hybridized carbons (Fsp3) is 0.833. The van der Waals surface area contributed by atoms with Crippen LogP contribution in [0.2, 0.25) is 0 Å². The molecule has 0 aromatic rings. The Morgan fingerprint density at radius 1 is 1.25 bits per heavy atom. The molecule has 0 radical (unpaired) electrons. The van der Waals surface area contributed by atoms with Crippen molar-refractivity contribution in [2.45, 2.75) is 12.3 Å². The number of hydrazone groups is 1. The molecule has 0 saturated carbocycles. The zero-order valence-electron chi connectivity index (χ0n) is 7.65. The molecule has 0 aromatic carbocycles. The molecule has 1 heterocycles. The highest BCUT2D eigenvalue weighted by Gasteiger charge is 2.36. The molecule has 6 nitrogen and oxygen atoms in total. The van der Waals surface area contributed by atoms with Gasteiger partial charge in [0.05, 0.1) is 0 Å². The number of rotatable bonds is 1. The molecule has 6 heteroatoms. The zero-order chi connectivity index (χ0) is 9.30. The lowest BCUT2D eigenvalue weighted by Gasteiger charge is -2.22. The summed E-state index contributed by atoms with van der Waals surface area (Å²) in [6.45, 7) is 0. The largest absolute Gasteiger partial charge is 0.313 e. The molecule has 2 unspecified atom stereocenters. The van der Waals surface area contributed by atoms with E-state index in [1.165, 1.54) is 0 Å². The molecule has 0 amide bonds. The molecule has 12 heavy (non-hydrogen) atoms. The molecule has 0 bridgehead atoms. The van der Waals surface area contributed by atoms with Crippen LogP contribution in [0.1, 0.15) is 0 Å². The van der Waals surface area contributed by atoms with Crippen LogP contribution in [-0.4, -0.2) is 49.2 Å². The molecule has 0 spiro atoms. The predicted octanol–water partition coefficient (Wildman–Crippen LogP) is -2.08. The van der Waals surface area contributed by atoms with Gasteiger partial charge in [0, 0.05) is 21.1 Å². The molecule has 2 atom stereocenters. The van der Waals surface area contributed by atoms with Crippen molar-refractivity contribution in [3.05, 3.63) is 0 Å². The van der Waals surface area contributed by atoms with Crippen molar-refractivity contribution in [3.63, 3.8) is 0 Å². The highest BCUT2D eigenvalue weighted by molar-refractivity contribution is 5.94. The third-order valence-corrected chi connectivity index (χ3v) is 2.15. The van der Waals surface area contributed by atoms with Crippen molar-refractivity contribution < 1.29 is 0 Å². The Morgan fingerprint density at radius 2 is 1.67 bits per heavy atom. The van der Waals surface area contributed by atoms with Crippen LogP contribution < -0.4 is 16.9 Å². The van der Waals surface area contributed by atoms with Crippen molar-refractivity contribution in [2.24, 2.45) is 16.6 Å². The maximum Gasteiger partial charge on any atom is 0.115 e. The van der Waals surface area contributed by atoms with Gasteiger partial charge in [-0.3, -0.25) is 0 Å². The number of hydrazine groups is 1. The minimum Gasteiger partial charge on any atom is -0.313 e. The molecular weight excluding hydrogens is 156 g/mol. The second-order valence-electron chi connectivity index (χ2n) is 2.80. The third-order valence-electron chi connectivity index (χ3n) is 2.15. The molecule has 1 aliphatic heterocycles. The topological polar surface area (TPSA) is 82.9 Å². The van der Waals surface area contributed by atoms with Crippen molar-refractivity contribution >= 4 is 5.71 Å². The lowest BCUT2D eigenvalue weighted by molar-refractivity contribution is 0.0295. The van der Waals surface area contributed by atoms with E-state index < -0.39 is 0 Å². The van der Waals surface area contributed by atoms with Crippen LogP contribution in [0.25, 0.3) is 0 Å². The summed E-state index contributed by atoms with van der Waals surface area (Å²) >= 11 is 0. The second kappa shape index (κ2) is 3.36. The molecule has 1 aliphatic rings. The summed E-state index contributed by atoms with van der Waals surface area (Å²) in [5.74, 6) is 0. The van der Waals surface area contributed by atoms with Gasteiger partial charge < -0.3 is 16.9 Å². The van der Waals surface area contributed by atoms with Crippen molar-refractivity contribution in [2.75, 3.05) is 21.1 Å². The highest BCUT2D eigenvalue weighted by atomic mass is 15.7. The Labute approximate surface area is 72.1 Å². The Morgan fingerprint density at radius 3 is 2.00 bits per heavy atom. The van der Waals surface area contributed by atoms with E-state index in [-0.39, 0.29) is 12.3 Å². The van der Waals surface area contributed by atoms with E-state index in [1.807, 2.05) is 24.1 Å². The summed E-state index contributed by atoms with van der Waals surface area (Å²) in [4.78, 5) is 0. The van der Waals surface area contributed by atoms with E-state index in [0.29, 0.717) is 0 Å². The maximum atomic E-state index is 5.82. The van der Waals surface area contributed by atoms with Gasteiger partial charge in [0.15, 0.2) is 0 Å². The zero-order valence-corrected chi connectivity index (χ0v) is 7.65. The standard InChI is InChI=1S/C6H16N6/c1-9-10-4-5(7)11(2)12(3)6(4)8/h5-6,9H,7-8H2,1-3H3. The normalized spacial score (nSPS) is 32.6. The minimum absolute atomic E-state index is 0.225. The lowest BCUT2D eigenvalue weighted by atomic mass is 10.3. The number of nitrogens with two attached hydrogens (primary N) is 2. The molecular formula is C6H16N6. The summed E-state index contributed by atoms with van der Waals surface area (Å²) in [7, 11) is 5.48. The first-order valence-electron chi connectivity index (χ1n) is 3.80. The van der Waals surface area contributed by atoms with Crippen LogP contribution in [-0.2, 0) is 0 Å². The third kappa shape index (κ3) is 1.29. The van der Waals surface area contributed by atoms with E-state index in [2.05, 4.69) is 10.5 Å². The van der Waals surface area contributed by atoms with Crippen LogP contribution in [0.15, 0.2) is 5.10 Å². The number of hydrogen-bond donors (Lipinski definition) is 3. The summed E-state index contributed by atoms with van der Waals surface area (Å²) in [5.41, 5.74) is 15.1. The van der Waals surface area contributed by atoms with Gasteiger partial charge in [-0.05, 0) is 0 Å². The van der Waals surface area contributed by atoms with E-state index in [9.17, 15) is 0 Å². The van der Waals surface area contributed by atoms with Gasteiger partial charge in [-0.1, -0.05) is 0 Å². The summed E-state index contributed by atoms with van der Waals surface area (Å²) in [6.07, 6.45) is -0.449. The number of nitrogens with zero attached hydrogens (tertiary/aromatic N) is 3. The maximum absolute atomic E-state index is 5.82. The van der Waals surface area contributed by atoms with Crippen molar-refractivity contribution in [1.82, 2.24) is 15.4 Å². The Balaban J connectivity index is 2.83. The average Bonchev–Trinajstić information content (AvgIpc) is 2.23. The van der Waals surface area contributed by atoms with E-state index in [4.69, 9.17) is 11.5 Å². The van der Waals surface area contributed by atoms with E-state index >= 15 is 0 Å². The Kier molecular flexibility index (Phi) is 2.63. The fourth-order valence-corrected chi connectivity index (χ4v) is 1.21. The first-order chi connectivity index (χ1) is 5.59. The number of hydrogen-bond acceptors (Lipinski definition) is 6. The van der Waals surface area contributed by atoms with Crippen LogP contribution in [0.3, 0.4) is 0 Å². The van der Waals surface area contributed by atoms with Gasteiger partial charge in [-0.15, -0.1) is 0 Å². The van der Waals surface area contributed by atoms with Crippen molar-refractivity contribution in [3.8, 4) is 0 Å². The average molecular weight is 172 g/mol. The summed E-state index contributed by atoms with van der Waals surface area (Å²) in [5, 5.41) is 7.72. The van der Waals surface area contributed by atoms with Gasteiger partial charge in [0.1, 0.15) is 18.0 Å². The fourth-order valence-electron chi connectivity index (χ4n) is 1.21. The molecule has 70 valence electrons. The second-order valence-corrected chi connectivity index (χ2v) is 2.80. The molecule has 0 aliphatic carbocycles. The first-order valence-corrected chi connectivity index (χ1v) is 3.80. The van der Waals surface area contributed by atoms with Gasteiger partial charge in [-0.2, -0.15) is 5.10 Å². The van der Waals surface area contributed by atoms with E-state index in [0.717, 1.165) is 5.71 Å². The highest BCUT2D eigenvalue weighted by Crippen LogP contribution is 2.11. The molecule has 1 rings (SSSR count). The van der Waals surface area contributed by atoms with Crippen molar-refractivity contribution in [1.29, 1.82) is 0 Å². The van der Waals surface area contributed by atoms with Crippen LogP contribution >= 0.6 is 0 Å². The molecule has 1 fully saturated rings. The predicted molar refractivity (Wildman–Crippen MR) is 48.0 cm³/mol. The summed E-state index contributed by atoms with van der Waals surface area (Å²) < 4.78 is 0. The lowest BCUT2D eigenvalue weighted by Crippen LogP contribution is -2.43. The quantitative estimate of drug-likeness (QED) is 0.396. The molecule has 5 N–H and O–H groups in total. The first kappa shape index (κ1) is 9.40. The SMILES string of the molecule is CNN=C1C(N)N(C)N(C)C1N. The smallest absolute Gasteiger partial charge is 0.115 e. The number of nitrogens with one attached hydrogen (secondary N) is 1. The molecule has 1 saturated heterocycles. The molecule has 0 aromatic heterocycles. The van der Waals surface area contributed by atoms with Crippen LogP contribution in [0, 0.1) is 0 Å². The minimum atomic E-state index is -0.225. The van der Waals surface area contributed by atoms with Gasteiger partial charge >= 0.3 is 0 Å². The van der Waals surface area contributed by atoms with Crippen LogP contribution in [0.5, 0.6) is 0 Å². The van der Waals surface area contributed by atoms with Gasteiger partial charge in [0.25, 0.3) is 0 Å². The Hall–Kier alpha value is -0.690. The Bertz CT molecular complexity index is 174. The van der Waals surface area contributed by atoms with Crippen LogP contribution in [0.4, 0.5) is 0 Å². The van der Waals surface area contributed by atoms with E-state index in [1.54, 1.807) is 7.05 Å².